The van der Waals surface area contributed by atoms with Gasteiger partial charge in [-0.15, -0.1) is 5.10 Å². The average molecular weight is 342 g/mol. The molecule has 0 amide bonds. The van der Waals surface area contributed by atoms with Crippen molar-refractivity contribution in [3.05, 3.63) is 34.9 Å². The molecule has 2 rings (SSSR count). The predicted octanol–water partition coefficient (Wildman–Crippen LogP) is 3.72. The third-order valence-electron chi connectivity index (χ3n) is 2.50. The summed E-state index contributed by atoms with van der Waals surface area (Å²) in [6.45, 7) is 0. The number of nitrogens with two attached hydrogens (primary N) is 1. The highest BCUT2D eigenvalue weighted by Crippen LogP contribution is 2.37. The maximum atomic E-state index is 12.7. The minimum absolute atomic E-state index is 0.00234. The molecule has 1 aromatic heterocycles. The summed E-state index contributed by atoms with van der Waals surface area (Å²) in [6.07, 6.45) is -9.73. The van der Waals surface area contributed by atoms with Gasteiger partial charge in [0.05, 0.1) is 11.1 Å². The summed E-state index contributed by atoms with van der Waals surface area (Å²) in [7, 11) is 0. The molecular weight excluding hydrogens is 334 g/mol. The summed E-state index contributed by atoms with van der Waals surface area (Å²) in [5.41, 5.74) is 2.42. The number of H-pyrrole nitrogens is 1. The standard InChI is InChI=1S/C11H8F6N4S/c12-10(13,14)6-1-5(2-7(3-6)11(15,16)17)4-22-9-19-8(18)20-21-9/h1-3H,4H2,(H3,18,19,20,21). The van der Waals surface area contributed by atoms with Crippen molar-refractivity contribution in [1.82, 2.24) is 15.2 Å². The Morgan fingerprint density at radius 3 is 1.95 bits per heavy atom. The zero-order valence-corrected chi connectivity index (χ0v) is 11.4. The number of nitrogen functional groups attached to an aromatic ring is 1. The van der Waals surface area contributed by atoms with E-state index in [4.69, 9.17) is 5.73 Å². The van der Waals surface area contributed by atoms with E-state index in [-0.39, 0.29) is 28.5 Å². The summed E-state index contributed by atoms with van der Waals surface area (Å²) in [4.78, 5) is 3.70. The summed E-state index contributed by atoms with van der Waals surface area (Å²) >= 11 is 0.865. The summed E-state index contributed by atoms with van der Waals surface area (Å²) < 4.78 is 76.1. The maximum absolute atomic E-state index is 12.7. The first-order valence-electron chi connectivity index (χ1n) is 5.65. The van der Waals surface area contributed by atoms with Crippen molar-refractivity contribution in [2.24, 2.45) is 0 Å². The Morgan fingerprint density at radius 2 is 1.55 bits per heavy atom. The van der Waals surface area contributed by atoms with Crippen LogP contribution in [0.3, 0.4) is 0 Å². The number of nitrogens with one attached hydrogen (secondary N) is 1. The Kier molecular flexibility index (Phi) is 4.27. The Bertz CT molecular complexity index is 631. The van der Waals surface area contributed by atoms with Crippen LogP contribution in [0, 0.1) is 0 Å². The first-order chi connectivity index (χ1) is 10.1. The molecule has 120 valence electrons. The molecule has 0 aliphatic rings. The molecule has 0 spiro atoms. The molecule has 0 unspecified atom stereocenters. The molecule has 0 atom stereocenters. The summed E-state index contributed by atoms with van der Waals surface area (Å²) in [5.74, 6) is -0.160. The summed E-state index contributed by atoms with van der Waals surface area (Å²) in [6, 6.07) is 1.41. The Balaban J connectivity index is 2.29. The molecule has 0 bridgehead atoms. The molecule has 1 heterocycles. The van der Waals surface area contributed by atoms with Gasteiger partial charge in [0.15, 0.2) is 0 Å². The number of benzene rings is 1. The molecular formula is C11H8F6N4S. The molecule has 0 aliphatic heterocycles. The second kappa shape index (κ2) is 5.71. The number of aromatic amines is 1. The Labute approximate surface area is 124 Å². The van der Waals surface area contributed by atoms with Crippen molar-refractivity contribution in [3.63, 3.8) is 0 Å². The van der Waals surface area contributed by atoms with E-state index in [0.717, 1.165) is 11.8 Å². The molecule has 2 aromatic rings. The SMILES string of the molecule is Nc1nc(SCc2cc(C(F)(F)F)cc(C(F)(F)F)c2)n[nH]1. The van der Waals surface area contributed by atoms with Crippen LogP contribution in [-0.2, 0) is 18.1 Å². The molecule has 4 nitrogen and oxygen atoms in total. The van der Waals surface area contributed by atoms with Gasteiger partial charge in [-0.1, -0.05) is 11.8 Å². The Hall–Kier alpha value is -1.91. The van der Waals surface area contributed by atoms with E-state index in [0.29, 0.717) is 12.1 Å². The molecule has 0 aliphatic carbocycles. The van der Waals surface area contributed by atoms with Gasteiger partial charge in [0.25, 0.3) is 0 Å². The normalized spacial score (nSPS) is 12.6. The zero-order valence-electron chi connectivity index (χ0n) is 10.6. The van der Waals surface area contributed by atoms with Gasteiger partial charge in [-0.3, -0.25) is 0 Å². The van der Waals surface area contributed by atoms with E-state index >= 15 is 0 Å². The fraction of sp³-hybridized carbons (Fsp3) is 0.273. The predicted molar refractivity (Wildman–Crippen MR) is 66.8 cm³/mol. The second-order valence-electron chi connectivity index (χ2n) is 4.21. The van der Waals surface area contributed by atoms with Gasteiger partial charge < -0.3 is 5.73 Å². The van der Waals surface area contributed by atoms with Gasteiger partial charge >= 0.3 is 12.4 Å². The molecule has 0 radical (unpaired) electrons. The van der Waals surface area contributed by atoms with Crippen molar-refractivity contribution >= 4 is 17.7 Å². The fourth-order valence-electron chi connectivity index (χ4n) is 1.57. The second-order valence-corrected chi connectivity index (χ2v) is 5.15. The zero-order chi connectivity index (χ0) is 16.5. The monoisotopic (exact) mass is 342 g/mol. The highest BCUT2D eigenvalue weighted by molar-refractivity contribution is 7.98. The highest BCUT2D eigenvalue weighted by atomic mass is 32.2. The van der Waals surface area contributed by atoms with E-state index in [9.17, 15) is 26.3 Å². The minimum atomic E-state index is -4.87. The number of anilines is 1. The van der Waals surface area contributed by atoms with Gasteiger partial charge in [0.2, 0.25) is 11.1 Å². The lowest BCUT2D eigenvalue weighted by molar-refractivity contribution is -0.143. The van der Waals surface area contributed by atoms with Crippen LogP contribution in [0.25, 0.3) is 0 Å². The highest BCUT2D eigenvalue weighted by Gasteiger charge is 2.36. The van der Waals surface area contributed by atoms with Crippen molar-refractivity contribution in [1.29, 1.82) is 0 Å². The number of hydrogen-bond donors (Lipinski definition) is 2. The fourth-order valence-corrected chi connectivity index (χ4v) is 2.31. The van der Waals surface area contributed by atoms with Crippen molar-refractivity contribution in [3.8, 4) is 0 Å². The number of hydrogen-bond acceptors (Lipinski definition) is 4. The Morgan fingerprint density at radius 1 is 1.00 bits per heavy atom. The number of thioether (sulfide) groups is 1. The average Bonchev–Trinajstić information content (AvgIpc) is 2.80. The van der Waals surface area contributed by atoms with Crippen LogP contribution in [0.15, 0.2) is 23.4 Å². The molecule has 3 N–H and O–H groups in total. The third kappa shape index (κ3) is 4.06. The lowest BCUT2D eigenvalue weighted by atomic mass is 10.1. The van der Waals surface area contributed by atoms with Crippen molar-refractivity contribution in [2.45, 2.75) is 23.3 Å². The van der Waals surface area contributed by atoms with E-state index in [1.807, 2.05) is 0 Å². The lowest BCUT2D eigenvalue weighted by Crippen LogP contribution is -2.11. The summed E-state index contributed by atoms with van der Waals surface area (Å²) in [5, 5.41) is 6.07. The number of rotatable bonds is 3. The first-order valence-corrected chi connectivity index (χ1v) is 6.63. The van der Waals surface area contributed by atoms with Gasteiger partial charge in [0.1, 0.15) is 0 Å². The molecule has 22 heavy (non-hydrogen) atoms. The van der Waals surface area contributed by atoms with Crippen LogP contribution in [0.1, 0.15) is 16.7 Å². The molecule has 11 heteroatoms. The van der Waals surface area contributed by atoms with E-state index < -0.39 is 23.5 Å². The van der Waals surface area contributed by atoms with Crippen molar-refractivity contribution in [2.75, 3.05) is 5.73 Å². The molecule has 1 aromatic carbocycles. The van der Waals surface area contributed by atoms with Gasteiger partial charge in [-0.2, -0.15) is 31.3 Å². The number of alkyl halides is 6. The first kappa shape index (κ1) is 16.5. The number of nitrogens with zero attached hydrogens (tertiary/aromatic N) is 2. The van der Waals surface area contributed by atoms with Crippen LogP contribution in [0.2, 0.25) is 0 Å². The molecule has 0 saturated heterocycles. The number of aromatic nitrogens is 3. The lowest BCUT2D eigenvalue weighted by Gasteiger charge is -2.13. The van der Waals surface area contributed by atoms with Gasteiger partial charge in [-0.25, -0.2) is 5.10 Å². The van der Waals surface area contributed by atoms with Crippen LogP contribution in [0.4, 0.5) is 32.3 Å². The third-order valence-corrected chi connectivity index (χ3v) is 3.42. The van der Waals surface area contributed by atoms with Crippen LogP contribution >= 0.6 is 11.8 Å². The van der Waals surface area contributed by atoms with E-state index in [1.165, 1.54) is 0 Å². The smallest absolute Gasteiger partial charge is 0.368 e. The number of halogens is 6. The minimum Gasteiger partial charge on any atom is -0.368 e. The van der Waals surface area contributed by atoms with E-state index in [2.05, 4.69) is 15.2 Å². The van der Waals surface area contributed by atoms with Crippen LogP contribution in [0.5, 0.6) is 0 Å². The largest absolute Gasteiger partial charge is 0.416 e. The van der Waals surface area contributed by atoms with Gasteiger partial charge in [-0.05, 0) is 23.8 Å². The van der Waals surface area contributed by atoms with Crippen LogP contribution < -0.4 is 5.73 Å². The molecule has 0 fully saturated rings. The van der Waals surface area contributed by atoms with Crippen molar-refractivity contribution < 1.29 is 26.3 Å². The maximum Gasteiger partial charge on any atom is 0.416 e. The topological polar surface area (TPSA) is 67.6 Å². The molecule has 0 saturated carbocycles. The quantitative estimate of drug-likeness (QED) is 0.659. The van der Waals surface area contributed by atoms with Gasteiger partial charge in [0, 0.05) is 5.75 Å². The van der Waals surface area contributed by atoms with E-state index in [1.54, 1.807) is 0 Å². The van der Waals surface area contributed by atoms with Crippen LogP contribution in [-0.4, -0.2) is 15.2 Å².